The van der Waals surface area contributed by atoms with Crippen molar-refractivity contribution in [2.24, 2.45) is 5.92 Å². The van der Waals surface area contributed by atoms with Crippen LogP contribution in [0.25, 0.3) is 11.3 Å². The summed E-state index contributed by atoms with van der Waals surface area (Å²) in [5.41, 5.74) is -0.00302. The number of carboxylic acid groups (broad SMARTS) is 1. The maximum Gasteiger partial charge on any atom is 0.358 e. The molecule has 2 rings (SSSR count). The Kier molecular flexibility index (Phi) is 4.09. The van der Waals surface area contributed by atoms with Crippen molar-refractivity contribution in [2.45, 2.75) is 32.9 Å². The minimum atomic E-state index is -1.13. The Hall–Kier alpha value is -2.21. The fourth-order valence-electron chi connectivity index (χ4n) is 1.94. The van der Waals surface area contributed by atoms with E-state index in [4.69, 9.17) is 0 Å². The number of aromatic carboxylic acids is 1. The summed E-state index contributed by atoms with van der Waals surface area (Å²) in [6.07, 6.45) is 0. The van der Waals surface area contributed by atoms with Gasteiger partial charge < -0.3 is 10.2 Å². The van der Waals surface area contributed by atoms with Crippen LogP contribution in [0.15, 0.2) is 30.3 Å². The first-order valence-corrected chi connectivity index (χ1v) is 6.77. The van der Waals surface area contributed by atoms with E-state index in [0.717, 1.165) is 0 Å². The molecule has 1 aromatic carbocycles. The molecule has 0 spiro atoms. The average molecular weight is 289 g/mol. The van der Waals surface area contributed by atoms with Crippen LogP contribution in [-0.4, -0.2) is 36.8 Å². The molecule has 0 saturated carbocycles. The van der Waals surface area contributed by atoms with Crippen LogP contribution in [0.2, 0.25) is 0 Å². The predicted molar refractivity (Wildman–Crippen MR) is 77.9 cm³/mol. The van der Waals surface area contributed by atoms with Crippen LogP contribution in [0.1, 0.15) is 31.3 Å². The SMILES string of the molecule is CC(C)C(C)(O)Cn1nnc(C(=O)O)c1-c1ccccc1. The van der Waals surface area contributed by atoms with Crippen molar-refractivity contribution in [3.05, 3.63) is 36.0 Å². The molecule has 0 radical (unpaired) electrons. The first-order valence-electron chi connectivity index (χ1n) is 6.77. The molecule has 2 aromatic rings. The van der Waals surface area contributed by atoms with Crippen LogP contribution < -0.4 is 0 Å². The molecule has 1 unspecified atom stereocenters. The summed E-state index contributed by atoms with van der Waals surface area (Å²) in [5.74, 6) is -1.14. The van der Waals surface area contributed by atoms with Crippen LogP contribution in [-0.2, 0) is 6.54 Å². The lowest BCUT2D eigenvalue weighted by molar-refractivity contribution is -0.00570. The number of hydrogen-bond donors (Lipinski definition) is 2. The molecular formula is C15H19N3O3. The Morgan fingerprint density at radius 2 is 1.95 bits per heavy atom. The van der Waals surface area contributed by atoms with Crippen molar-refractivity contribution >= 4 is 5.97 Å². The highest BCUT2D eigenvalue weighted by molar-refractivity contribution is 5.92. The zero-order chi connectivity index (χ0) is 15.6. The van der Waals surface area contributed by atoms with Crippen LogP contribution in [0.4, 0.5) is 0 Å². The first-order chi connectivity index (χ1) is 9.83. The lowest BCUT2D eigenvalue weighted by Crippen LogP contribution is -2.36. The summed E-state index contributed by atoms with van der Waals surface area (Å²) in [6.45, 7) is 5.68. The Balaban J connectivity index is 2.51. The van der Waals surface area contributed by atoms with Gasteiger partial charge in [0.2, 0.25) is 0 Å². The van der Waals surface area contributed by atoms with E-state index in [1.165, 1.54) is 4.68 Å². The Morgan fingerprint density at radius 1 is 1.33 bits per heavy atom. The third-order valence-corrected chi connectivity index (χ3v) is 3.70. The summed E-state index contributed by atoms with van der Waals surface area (Å²) in [5, 5.41) is 27.3. The number of rotatable bonds is 5. The smallest absolute Gasteiger partial charge is 0.358 e. The fraction of sp³-hybridized carbons (Fsp3) is 0.400. The zero-order valence-electron chi connectivity index (χ0n) is 12.3. The molecule has 0 amide bonds. The highest BCUT2D eigenvalue weighted by Gasteiger charge is 2.29. The van der Waals surface area contributed by atoms with Gasteiger partial charge in [-0.25, -0.2) is 9.48 Å². The summed E-state index contributed by atoms with van der Waals surface area (Å²) in [6, 6.07) is 9.08. The maximum atomic E-state index is 11.3. The fourth-order valence-corrected chi connectivity index (χ4v) is 1.94. The van der Waals surface area contributed by atoms with Crippen LogP contribution in [0.5, 0.6) is 0 Å². The number of benzene rings is 1. The highest BCUT2D eigenvalue weighted by atomic mass is 16.4. The maximum absolute atomic E-state index is 11.3. The number of hydrogen-bond acceptors (Lipinski definition) is 4. The normalized spacial score (nSPS) is 14.1. The lowest BCUT2D eigenvalue weighted by atomic mass is 9.92. The van der Waals surface area contributed by atoms with E-state index in [-0.39, 0.29) is 18.2 Å². The third-order valence-electron chi connectivity index (χ3n) is 3.70. The number of aliphatic hydroxyl groups is 1. The van der Waals surface area contributed by atoms with Gasteiger partial charge in [-0.15, -0.1) is 5.10 Å². The van der Waals surface area contributed by atoms with Crippen molar-refractivity contribution in [3.8, 4) is 11.3 Å². The van der Waals surface area contributed by atoms with Crippen molar-refractivity contribution in [2.75, 3.05) is 0 Å². The van der Waals surface area contributed by atoms with E-state index < -0.39 is 11.6 Å². The summed E-state index contributed by atoms with van der Waals surface area (Å²) < 4.78 is 1.46. The number of aromatic nitrogens is 3. The Morgan fingerprint density at radius 3 is 2.48 bits per heavy atom. The molecule has 1 heterocycles. The van der Waals surface area contributed by atoms with E-state index >= 15 is 0 Å². The summed E-state index contributed by atoms with van der Waals surface area (Å²) >= 11 is 0. The largest absolute Gasteiger partial charge is 0.476 e. The molecule has 2 N–H and O–H groups in total. The third kappa shape index (κ3) is 3.11. The second kappa shape index (κ2) is 5.65. The van der Waals surface area contributed by atoms with Gasteiger partial charge in [0.05, 0.1) is 12.1 Å². The number of carboxylic acids is 1. The number of nitrogens with zero attached hydrogens (tertiary/aromatic N) is 3. The minimum absolute atomic E-state index is 0.00129. The summed E-state index contributed by atoms with van der Waals surface area (Å²) in [4.78, 5) is 11.3. The van der Waals surface area contributed by atoms with Gasteiger partial charge in [-0.3, -0.25) is 0 Å². The van der Waals surface area contributed by atoms with E-state index in [1.54, 1.807) is 19.1 Å². The predicted octanol–water partition coefficient (Wildman–Crippen LogP) is 2.05. The number of carbonyl (C=O) groups is 1. The molecule has 0 fully saturated rings. The molecule has 0 aliphatic heterocycles. The molecule has 6 heteroatoms. The molecular weight excluding hydrogens is 270 g/mol. The van der Waals surface area contributed by atoms with Crippen molar-refractivity contribution < 1.29 is 15.0 Å². The van der Waals surface area contributed by atoms with E-state index in [9.17, 15) is 15.0 Å². The molecule has 0 aliphatic rings. The van der Waals surface area contributed by atoms with Gasteiger partial charge in [-0.2, -0.15) is 0 Å². The lowest BCUT2D eigenvalue weighted by Gasteiger charge is -2.27. The zero-order valence-corrected chi connectivity index (χ0v) is 12.3. The molecule has 0 bridgehead atoms. The first kappa shape index (κ1) is 15.2. The van der Waals surface area contributed by atoms with E-state index in [1.807, 2.05) is 32.0 Å². The quantitative estimate of drug-likeness (QED) is 0.879. The van der Waals surface area contributed by atoms with Gasteiger partial charge in [-0.1, -0.05) is 49.4 Å². The molecule has 0 saturated heterocycles. The van der Waals surface area contributed by atoms with Gasteiger partial charge in [-0.05, 0) is 12.8 Å². The monoisotopic (exact) mass is 289 g/mol. The van der Waals surface area contributed by atoms with Crippen molar-refractivity contribution in [1.29, 1.82) is 0 Å². The van der Waals surface area contributed by atoms with Gasteiger partial charge in [0, 0.05) is 5.56 Å². The van der Waals surface area contributed by atoms with Gasteiger partial charge in [0.1, 0.15) is 5.69 Å². The van der Waals surface area contributed by atoms with E-state index in [2.05, 4.69) is 10.3 Å². The molecule has 6 nitrogen and oxygen atoms in total. The topological polar surface area (TPSA) is 88.2 Å². The van der Waals surface area contributed by atoms with Crippen molar-refractivity contribution in [1.82, 2.24) is 15.0 Å². The molecule has 21 heavy (non-hydrogen) atoms. The van der Waals surface area contributed by atoms with Gasteiger partial charge in [0.25, 0.3) is 0 Å². The van der Waals surface area contributed by atoms with Gasteiger partial charge >= 0.3 is 5.97 Å². The van der Waals surface area contributed by atoms with Crippen LogP contribution in [0.3, 0.4) is 0 Å². The second-order valence-corrected chi connectivity index (χ2v) is 5.63. The minimum Gasteiger partial charge on any atom is -0.476 e. The van der Waals surface area contributed by atoms with E-state index in [0.29, 0.717) is 11.3 Å². The average Bonchev–Trinajstić information content (AvgIpc) is 2.82. The standard InChI is InChI=1S/C15H19N3O3/c1-10(2)15(3,21)9-18-13(11-7-5-4-6-8-11)12(14(19)20)16-17-18/h4-8,10,21H,9H2,1-3H3,(H,19,20). The van der Waals surface area contributed by atoms with Gasteiger partial charge in [0.15, 0.2) is 5.69 Å². The Bertz CT molecular complexity index is 633. The second-order valence-electron chi connectivity index (χ2n) is 5.63. The van der Waals surface area contributed by atoms with Crippen molar-refractivity contribution in [3.63, 3.8) is 0 Å². The molecule has 1 aromatic heterocycles. The van der Waals surface area contributed by atoms with Crippen LogP contribution >= 0.6 is 0 Å². The highest BCUT2D eigenvalue weighted by Crippen LogP contribution is 2.26. The van der Waals surface area contributed by atoms with Crippen LogP contribution in [0, 0.1) is 5.92 Å². The molecule has 0 aliphatic carbocycles. The molecule has 1 atom stereocenters. The summed E-state index contributed by atoms with van der Waals surface area (Å²) in [7, 11) is 0. The Labute approximate surface area is 123 Å². The molecule has 112 valence electrons.